The van der Waals surface area contributed by atoms with Gasteiger partial charge in [0.1, 0.15) is 0 Å². The molecule has 0 saturated carbocycles. The van der Waals surface area contributed by atoms with E-state index >= 15 is 0 Å². The van der Waals surface area contributed by atoms with Gasteiger partial charge in [-0.3, -0.25) is 9.69 Å². The minimum Gasteiger partial charge on any atom is -0.381 e. The van der Waals surface area contributed by atoms with Gasteiger partial charge in [-0.2, -0.15) is 0 Å². The van der Waals surface area contributed by atoms with Crippen molar-refractivity contribution in [3.63, 3.8) is 0 Å². The Morgan fingerprint density at radius 3 is 2.50 bits per heavy atom. The summed E-state index contributed by atoms with van der Waals surface area (Å²) in [4.78, 5) is 18.3. The molecule has 1 amide bonds. The molecular formula is C16H27Cl2N3O2S. The molecule has 2 N–H and O–H groups in total. The van der Waals surface area contributed by atoms with Crippen molar-refractivity contribution in [3.8, 4) is 0 Å². The Balaban J connectivity index is 0.00000144. The van der Waals surface area contributed by atoms with Gasteiger partial charge in [0.25, 0.3) is 0 Å². The molecule has 2 aliphatic heterocycles. The van der Waals surface area contributed by atoms with Gasteiger partial charge < -0.3 is 15.4 Å². The first-order valence-electron chi connectivity index (χ1n) is 8.11. The lowest BCUT2D eigenvalue weighted by Crippen LogP contribution is -2.55. The smallest absolute Gasteiger partial charge is 0.239 e. The zero-order valence-electron chi connectivity index (χ0n) is 13.8. The van der Waals surface area contributed by atoms with Crippen molar-refractivity contribution in [2.75, 3.05) is 39.4 Å². The Bertz CT molecular complexity index is 476. The van der Waals surface area contributed by atoms with Crippen LogP contribution in [0.4, 0.5) is 0 Å². The van der Waals surface area contributed by atoms with Gasteiger partial charge in [-0.15, -0.1) is 36.2 Å². The van der Waals surface area contributed by atoms with E-state index in [0.717, 1.165) is 58.8 Å². The lowest BCUT2D eigenvalue weighted by molar-refractivity contribution is -0.136. The molecule has 0 aliphatic carbocycles. The molecule has 138 valence electrons. The van der Waals surface area contributed by atoms with E-state index < -0.39 is 0 Å². The van der Waals surface area contributed by atoms with Crippen molar-refractivity contribution in [2.45, 2.75) is 25.4 Å². The average molecular weight is 396 g/mol. The van der Waals surface area contributed by atoms with Crippen LogP contribution in [-0.4, -0.2) is 61.1 Å². The number of halogens is 2. The van der Waals surface area contributed by atoms with Crippen LogP contribution in [0.1, 0.15) is 17.7 Å². The number of nitrogens with two attached hydrogens (primary N) is 1. The largest absolute Gasteiger partial charge is 0.381 e. The number of nitrogens with zero attached hydrogens (tertiary/aromatic N) is 2. The third kappa shape index (κ3) is 5.58. The van der Waals surface area contributed by atoms with Gasteiger partial charge in [0, 0.05) is 50.8 Å². The van der Waals surface area contributed by atoms with Crippen molar-refractivity contribution in [3.05, 3.63) is 22.4 Å². The van der Waals surface area contributed by atoms with Crippen LogP contribution in [0.25, 0.3) is 0 Å². The number of thiophene rings is 1. The lowest BCUT2D eigenvalue weighted by atomic mass is 9.91. The van der Waals surface area contributed by atoms with Crippen LogP contribution >= 0.6 is 36.2 Å². The number of carbonyl (C=O) groups is 1. The number of amides is 1. The minimum atomic E-state index is -0.354. The van der Waals surface area contributed by atoms with Crippen molar-refractivity contribution < 1.29 is 9.53 Å². The third-order valence-corrected chi connectivity index (χ3v) is 5.56. The van der Waals surface area contributed by atoms with E-state index in [2.05, 4.69) is 22.4 Å². The molecule has 0 aromatic carbocycles. The zero-order chi connectivity index (χ0) is 15.4. The lowest BCUT2D eigenvalue weighted by Gasteiger charge is -2.37. The maximum atomic E-state index is 12.6. The van der Waals surface area contributed by atoms with Crippen LogP contribution in [0, 0.1) is 5.92 Å². The highest BCUT2D eigenvalue weighted by molar-refractivity contribution is 7.09. The molecule has 5 nitrogen and oxygen atoms in total. The molecule has 0 bridgehead atoms. The fourth-order valence-corrected chi connectivity index (χ4v) is 3.98. The summed E-state index contributed by atoms with van der Waals surface area (Å²) >= 11 is 1.79. The van der Waals surface area contributed by atoms with Crippen molar-refractivity contribution >= 4 is 42.1 Å². The van der Waals surface area contributed by atoms with Crippen LogP contribution in [0.5, 0.6) is 0 Å². The molecule has 1 aromatic rings. The standard InChI is InChI=1S/C16H25N3O2S.2ClH/c17-15(13-3-9-21-10-4-13)16(20)19-7-5-18(6-8-19)12-14-2-1-11-22-14;;/h1-2,11,13,15H,3-10,12,17H2;2*1H. The average Bonchev–Trinajstić information content (AvgIpc) is 3.08. The SMILES string of the molecule is Cl.Cl.NC(C(=O)N1CCN(Cc2cccs2)CC1)C1CCOCC1. The molecule has 0 spiro atoms. The van der Waals surface area contributed by atoms with E-state index in [1.165, 1.54) is 4.88 Å². The molecule has 2 fully saturated rings. The number of rotatable bonds is 4. The fraction of sp³-hybridized carbons (Fsp3) is 0.688. The summed E-state index contributed by atoms with van der Waals surface area (Å²) in [5.41, 5.74) is 6.21. The van der Waals surface area contributed by atoms with E-state index in [4.69, 9.17) is 10.5 Å². The minimum absolute atomic E-state index is 0. The topological polar surface area (TPSA) is 58.8 Å². The van der Waals surface area contributed by atoms with Gasteiger partial charge in [-0.1, -0.05) is 6.07 Å². The van der Waals surface area contributed by atoms with E-state index in [0.29, 0.717) is 0 Å². The molecule has 24 heavy (non-hydrogen) atoms. The van der Waals surface area contributed by atoms with Gasteiger partial charge in [-0.05, 0) is 30.2 Å². The van der Waals surface area contributed by atoms with Crippen molar-refractivity contribution in [2.24, 2.45) is 11.7 Å². The molecule has 3 heterocycles. The Morgan fingerprint density at radius 2 is 1.92 bits per heavy atom. The summed E-state index contributed by atoms with van der Waals surface area (Å²) in [6, 6.07) is 3.91. The quantitative estimate of drug-likeness (QED) is 0.846. The first kappa shape index (κ1) is 21.7. The summed E-state index contributed by atoms with van der Waals surface area (Å²) in [5.74, 6) is 0.410. The highest BCUT2D eigenvalue weighted by atomic mass is 35.5. The molecular weight excluding hydrogens is 369 g/mol. The summed E-state index contributed by atoms with van der Waals surface area (Å²) in [6.07, 6.45) is 1.82. The predicted octanol–water partition coefficient (Wildman–Crippen LogP) is 1.99. The molecule has 2 saturated heterocycles. The first-order chi connectivity index (χ1) is 10.7. The van der Waals surface area contributed by atoms with Crippen LogP contribution in [0.2, 0.25) is 0 Å². The van der Waals surface area contributed by atoms with E-state index in [1.807, 2.05) is 4.90 Å². The monoisotopic (exact) mass is 395 g/mol. The van der Waals surface area contributed by atoms with E-state index in [1.54, 1.807) is 11.3 Å². The maximum Gasteiger partial charge on any atom is 0.239 e. The van der Waals surface area contributed by atoms with Crippen molar-refractivity contribution in [1.29, 1.82) is 0 Å². The number of hydrogen-bond acceptors (Lipinski definition) is 5. The van der Waals surface area contributed by atoms with Gasteiger partial charge in [-0.25, -0.2) is 0 Å². The van der Waals surface area contributed by atoms with E-state index in [-0.39, 0.29) is 42.7 Å². The molecule has 2 aliphatic rings. The highest BCUT2D eigenvalue weighted by Crippen LogP contribution is 2.20. The Labute approximate surface area is 160 Å². The number of carbonyl (C=O) groups excluding carboxylic acids is 1. The highest BCUT2D eigenvalue weighted by Gasteiger charge is 2.31. The molecule has 8 heteroatoms. The van der Waals surface area contributed by atoms with Crippen molar-refractivity contribution in [1.82, 2.24) is 9.80 Å². The normalized spacial score (nSPS) is 20.8. The Kier molecular flexibility index (Phi) is 9.56. The fourth-order valence-electron chi connectivity index (χ4n) is 3.24. The molecule has 0 radical (unpaired) electrons. The summed E-state index contributed by atoms with van der Waals surface area (Å²) in [6.45, 7) is 5.92. The summed E-state index contributed by atoms with van der Waals surface area (Å²) in [7, 11) is 0. The Morgan fingerprint density at radius 1 is 1.25 bits per heavy atom. The second-order valence-corrected chi connectivity index (χ2v) is 7.19. The second kappa shape index (κ2) is 10.6. The maximum absolute atomic E-state index is 12.6. The zero-order valence-corrected chi connectivity index (χ0v) is 16.2. The number of ether oxygens (including phenoxy) is 1. The van der Waals surface area contributed by atoms with Crippen LogP contribution in [0.15, 0.2) is 17.5 Å². The first-order valence-corrected chi connectivity index (χ1v) is 8.99. The van der Waals surface area contributed by atoms with Gasteiger partial charge in [0.15, 0.2) is 0 Å². The van der Waals surface area contributed by atoms with Gasteiger partial charge in [0.2, 0.25) is 5.91 Å². The second-order valence-electron chi connectivity index (χ2n) is 6.16. The van der Waals surface area contributed by atoms with Gasteiger partial charge >= 0.3 is 0 Å². The van der Waals surface area contributed by atoms with Crippen LogP contribution in [0.3, 0.4) is 0 Å². The molecule has 3 rings (SSSR count). The molecule has 1 atom stereocenters. The summed E-state index contributed by atoms with van der Waals surface area (Å²) in [5, 5.41) is 2.11. The van der Waals surface area contributed by atoms with Crippen LogP contribution in [-0.2, 0) is 16.1 Å². The van der Waals surface area contributed by atoms with Gasteiger partial charge in [0.05, 0.1) is 6.04 Å². The number of hydrogen-bond donors (Lipinski definition) is 1. The van der Waals surface area contributed by atoms with E-state index in [9.17, 15) is 4.79 Å². The Hall–Kier alpha value is -0.370. The third-order valence-electron chi connectivity index (χ3n) is 4.70. The molecule has 1 unspecified atom stereocenters. The summed E-state index contributed by atoms with van der Waals surface area (Å²) < 4.78 is 5.35. The predicted molar refractivity (Wildman–Crippen MR) is 102 cm³/mol. The molecule has 1 aromatic heterocycles. The van der Waals surface area contributed by atoms with Crippen LogP contribution < -0.4 is 5.73 Å². The number of piperazine rings is 1.